The molecule has 2 N–H and O–H groups in total. The van der Waals surface area contributed by atoms with Gasteiger partial charge in [-0.1, -0.05) is 18.2 Å². The number of piperidine rings is 1. The number of para-hydroxylation sites is 1. The van der Waals surface area contributed by atoms with Gasteiger partial charge in [-0.25, -0.2) is 24.2 Å². The number of hydrogen-bond acceptors (Lipinski definition) is 8. The topological polar surface area (TPSA) is 127 Å². The molecular weight excluding hydrogens is 536 g/mol. The minimum Gasteiger partial charge on any atom is -0.453 e. The molecule has 1 atom stereocenters. The number of amides is 3. The monoisotopic (exact) mass is 570 g/mol. The predicted molar refractivity (Wildman–Crippen MR) is 160 cm³/mol. The van der Waals surface area contributed by atoms with Crippen molar-refractivity contribution in [3.63, 3.8) is 0 Å². The summed E-state index contributed by atoms with van der Waals surface area (Å²) in [6, 6.07) is 16.5. The Balaban J connectivity index is 1.28. The Morgan fingerprint density at radius 1 is 0.952 bits per heavy atom. The molecule has 0 spiro atoms. The number of nitrogens with zero attached hydrogens (tertiary/aromatic N) is 6. The largest absolute Gasteiger partial charge is 0.453 e. The second kappa shape index (κ2) is 12.0. The maximum atomic E-state index is 12.5. The normalized spacial score (nSPS) is 17.7. The highest BCUT2D eigenvalue weighted by Crippen LogP contribution is 2.33. The van der Waals surface area contributed by atoms with Crippen LogP contribution in [-0.2, 0) is 9.47 Å². The van der Waals surface area contributed by atoms with Crippen LogP contribution in [0, 0.1) is 0 Å². The molecule has 218 valence electrons. The number of benzene rings is 2. The Kier molecular flexibility index (Phi) is 7.87. The van der Waals surface area contributed by atoms with E-state index in [1.54, 1.807) is 4.90 Å². The van der Waals surface area contributed by atoms with E-state index in [0.717, 1.165) is 41.8 Å². The molecule has 42 heavy (non-hydrogen) atoms. The minimum absolute atomic E-state index is 0.0808. The number of anilines is 3. The summed E-state index contributed by atoms with van der Waals surface area (Å²) >= 11 is 0. The number of nitrogens with one attached hydrogen (secondary N) is 2. The highest BCUT2D eigenvalue weighted by Gasteiger charge is 2.28. The Labute approximate surface area is 243 Å². The molecule has 4 heterocycles. The van der Waals surface area contributed by atoms with Crippen LogP contribution in [0.15, 0.2) is 60.8 Å². The molecule has 6 rings (SSSR count). The molecule has 12 nitrogen and oxygen atoms in total. The van der Waals surface area contributed by atoms with Gasteiger partial charge in [-0.3, -0.25) is 0 Å². The third-order valence-electron chi connectivity index (χ3n) is 7.65. The molecule has 2 aliphatic rings. The van der Waals surface area contributed by atoms with Crippen molar-refractivity contribution in [2.75, 3.05) is 55.4 Å². The molecular formula is C30H34N8O4. The Bertz CT molecular complexity index is 1550. The number of fused-ring (bicyclic) bond motifs is 1. The van der Waals surface area contributed by atoms with Crippen LogP contribution >= 0.6 is 0 Å². The predicted octanol–water partition coefficient (Wildman–Crippen LogP) is 4.77. The lowest BCUT2D eigenvalue weighted by molar-refractivity contribution is 0.0530. The van der Waals surface area contributed by atoms with Crippen molar-refractivity contribution in [1.29, 1.82) is 0 Å². The number of aromatic nitrogens is 4. The van der Waals surface area contributed by atoms with Crippen molar-refractivity contribution < 1.29 is 19.1 Å². The third kappa shape index (κ3) is 5.84. The highest BCUT2D eigenvalue weighted by atomic mass is 16.5. The maximum absolute atomic E-state index is 12.5. The molecule has 4 aromatic rings. The van der Waals surface area contributed by atoms with E-state index in [9.17, 15) is 9.59 Å². The summed E-state index contributed by atoms with van der Waals surface area (Å²) in [4.78, 5) is 38.4. The Hall–Kier alpha value is -4.71. The van der Waals surface area contributed by atoms with Crippen LogP contribution in [0.4, 0.5) is 26.8 Å². The molecule has 3 amide bonds. The lowest BCUT2D eigenvalue weighted by atomic mass is 10.1. The van der Waals surface area contributed by atoms with E-state index in [1.165, 1.54) is 7.11 Å². The van der Waals surface area contributed by atoms with E-state index >= 15 is 0 Å². The lowest BCUT2D eigenvalue weighted by Crippen LogP contribution is -2.41. The van der Waals surface area contributed by atoms with Crippen LogP contribution < -0.4 is 15.5 Å². The van der Waals surface area contributed by atoms with Gasteiger partial charge < -0.3 is 29.9 Å². The van der Waals surface area contributed by atoms with Crippen molar-refractivity contribution in [3.05, 3.63) is 60.8 Å². The van der Waals surface area contributed by atoms with Crippen LogP contribution in [0.3, 0.4) is 0 Å². The number of rotatable bonds is 5. The fourth-order valence-corrected chi connectivity index (χ4v) is 5.50. The summed E-state index contributed by atoms with van der Waals surface area (Å²) in [5.41, 5.74) is 2.94. The zero-order chi connectivity index (χ0) is 29.1. The van der Waals surface area contributed by atoms with Crippen molar-refractivity contribution in [1.82, 2.24) is 24.6 Å². The smallest absolute Gasteiger partial charge is 0.409 e. The second-order valence-corrected chi connectivity index (χ2v) is 10.5. The number of morpholine rings is 1. The molecule has 12 heteroatoms. The standard InChI is InChI=1S/C30H34N8O4/c1-20-19-37(16-17-42-20)27-25-18-31-38(24-12-14-36(15-13-24)30(40)41-2)28(25)35-26(34-27)21-8-10-23(11-9-21)33-29(39)32-22-6-4-3-5-7-22/h3-11,18,20,24H,12-17,19H2,1-2H3,(H2,32,33,39). The summed E-state index contributed by atoms with van der Waals surface area (Å²) in [6.07, 6.45) is 3.13. The number of likely N-dealkylation sites (tertiary alicyclic amines) is 1. The Morgan fingerprint density at radius 3 is 2.36 bits per heavy atom. The summed E-state index contributed by atoms with van der Waals surface area (Å²) in [7, 11) is 1.41. The van der Waals surface area contributed by atoms with Gasteiger partial charge >= 0.3 is 12.1 Å². The molecule has 2 saturated heterocycles. The van der Waals surface area contributed by atoms with Gasteiger partial charge in [0.1, 0.15) is 5.82 Å². The molecule has 2 fully saturated rings. The van der Waals surface area contributed by atoms with Gasteiger partial charge in [0.25, 0.3) is 0 Å². The highest BCUT2D eigenvalue weighted by molar-refractivity contribution is 5.99. The van der Waals surface area contributed by atoms with Crippen molar-refractivity contribution >= 4 is 40.4 Å². The second-order valence-electron chi connectivity index (χ2n) is 10.5. The number of ether oxygens (including phenoxy) is 2. The van der Waals surface area contributed by atoms with Gasteiger partial charge in [0, 0.05) is 43.1 Å². The van der Waals surface area contributed by atoms with Crippen molar-refractivity contribution in [2.45, 2.75) is 31.9 Å². The van der Waals surface area contributed by atoms with E-state index < -0.39 is 0 Å². The van der Waals surface area contributed by atoms with Gasteiger partial charge in [-0.2, -0.15) is 5.10 Å². The number of carbonyl (C=O) groups is 2. The summed E-state index contributed by atoms with van der Waals surface area (Å²) in [6.45, 7) is 5.30. The van der Waals surface area contributed by atoms with Crippen LogP contribution in [0.25, 0.3) is 22.4 Å². The Morgan fingerprint density at radius 2 is 1.67 bits per heavy atom. The average Bonchev–Trinajstić information content (AvgIpc) is 3.45. The van der Waals surface area contributed by atoms with Crippen LogP contribution in [0.5, 0.6) is 0 Å². The number of methoxy groups -OCH3 is 1. The molecule has 0 aliphatic carbocycles. The van der Waals surface area contributed by atoms with Crippen LogP contribution in [0.1, 0.15) is 25.8 Å². The van der Waals surface area contributed by atoms with E-state index in [2.05, 4.69) is 22.5 Å². The quantitative estimate of drug-likeness (QED) is 0.352. The summed E-state index contributed by atoms with van der Waals surface area (Å²) in [5.74, 6) is 1.40. The fourth-order valence-electron chi connectivity index (χ4n) is 5.50. The van der Waals surface area contributed by atoms with E-state index in [0.29, 0.717) is 43.4 Å². The lowest BCUT2D eigenvalue weighted by Gasteiger charge is -2.33. The van der Waals surface area contributed by atoms with Crippen molar-refractivity contribution in [3.8, 4) is 11.4 Å². The van der Waals surface area contributed by atoms with Gasteiger partial charge in [0.05, 0.1) is 37.4 Å². The molecule has 2 aromatic carbocycles. The third-order valence-corrected chi connectivity index (χ3v) is 7.65. The fraction of sp³-hybridized carbons (Fsp3) is 0.367. The first-order valence-electron chi connectivity index (χ1n) is 14.2. The van der Waals surface area contributed by atoms with Gasteiger partial charge in [0.15, 0.2) is 11.5 Å². The molecule has 0 saturated carbocycles. The average molecular weight is 571 g/mol. The van der Waals surface area contributed by atoms with Crippen LogP contribution in [-0.4, -0.2) is 82.8 Å². The SMILES string of the molecule is COC(=O)N1CCC(n2ncc3c(N4CCOC(C)C4)nc(-c4ccc(NC(=O)Nc5ccccc5)cc4)nc32)CC1. The molecule has 2 aromatic heterocycles. The van der Waals surface area contributed by atoms with Gasteiger partial charge in [-0.15, -0.1) is 0 Å². The number of hydrogen-bond donors (Lipinski definition) is 2. The molecule has 0 bridgehead atoms. The van der Waals surface area contributed by atoms with E-state index in [-0.39, 0.29) is 24.3 Å². The van der Waals surface area contributed by atoms with Gasteiger partial charge in [0.2, 0.25) is 0 Å². The minimum atomic E-state index is -0.322. The molecule has 1 unspecified atom stereocenters. The summed E-state index contributed by atoms with van der Waals surface area (Å²) < 4.78 is 12.7. The van der Waals surface area contributed by atoms with E-state index in [1.807, 2.05) is 65.5 Å². The molecule has 2 aliphatic heterocycles. The number of carbonyl (C=O) groups excluding carboxylic acids is 2. The van der Waals surface area contributed by atoms with Crippen molar-refractivity contribution in [2.24, 2.45) is 0 Å². The number of urea groups is 1. The first kappa shape index (κ1) is 27.5. The first-order chi connectivity index (χ1) is 20.5. The first-order valence-corrected chi connectivity index (χ1v) is 14.2. The zero-order valence-electron chi connectivity index (χ0n) is 23.7. The van der Waals surface area contributed by atoms with Gasteiger partial charge in [-0.05, 0) is 56.2 Å². The van der Waals surface area contributed by atoms with E-state index in [4.69, 9.17) is 24.5 Å². The van der Waals surface area contributed by atoms with Crippen LogP contribution in [0.2, 0.25) is 0 Å². The summed E-state index contributed by atoms with van der Waals surface area (Å²) in [5, 5.41) is 11.3. The zero-order valence-corrected chi connectivity index (χ0v) is 23.7. The maximum Gasteiger partial charge on any atom is 0.409 e. The molecule has 0 radical (unpaired) electrons.